The number of hydrogen-bond acceptors (Lipinski definition) is 13. The lowest BCUT2D eigenvalue weighted by atomic mass is 9.81. The maximum absolute atomic E-state index is 13.4. The number of phosphoric acid groups is 3. The van der Waals surface area contributed by atoms with Crippen LogP contribution in [-0.2, 0) is 26.8 Å². The number of rotatable bonds is 20. The third-order valence-electron chi connectivity index (χ3n) is 9.41. The van der Waals surface area contributed by atoms with Gasteiger partial charge in [0, 0.05) is 12.2 Å². The lowest BCUT2D eigenvalue weighted by Gasteiger charge is -2.39. The van der Waals surface area contributed by atoms with Gasteiger partial charge in [0.2, 0.25) is 0 Å². The number of phosphoric ester groups is 1. The van der Waals surface area contributed by atoms with Crippen molar-refractivity contribution >= 4 is 29.3 Å². The lowest BCUT2D eigenvalue weighted by molar-refractivity contribution is -0.894. The molecule has 1 aromatic heterocycles. The summed E-state index contributed by atoms with van der Waals surface area (Å²) in [5, 5.41) is 0. The third kappa shape index (κ3) is 28.8. The topological polar surface area (TPSA) is 250 Å². The Morgan fingerprint density at radius 1 is 0.673 bits per heavy atom. The van der Waals surface area contributed by atoms with E-state index in [9.17, 15) is 42.5 Å². The Hall–Kier alpha value is -1.14. The second-order valence-corrected chi connectivity index (χ2v) is 16.9. The molecule has 2 atom stereocenters. The zero-order valence-electron chi connectivity index (χ0n) is 35.5. The van der Waals surface area contributed by atoms with E-state index in [2.05, 4.69) is 101 Å². The van der Waals surface area contributed by atoms with Crippen molar-refractivity contribution < 1.29 is 70.4 Å². The minimum absolute atomic E-state index is 0.160. The fourth-order valence-corrected chi connectivity index (χ4v) is 8.19. The Kier molecular flexibility index (Phi) is 33.6. The fourth-order valence-electron chi connectivity index (χ4n) is 5.26. The van der Waals surface area contributed by atoms with Gasteiger partial charge in [0.15, 0.2) is 11.6 Å². The molecular formula is C33H75FN7O11P3. The van der Waals surface area contributed by atoms with Crippen LogP contribution in [0.15, 0.2) is 11.0 Å². The Balaban J connectivity index is -0.000000780. The van der Waals surface area contributed by atoms with E-state index in [1.165, 1.54) is 78.5 Å². The van der Waals surface area contributed by atoms with Gasteiger partial charge in [-0.3, -0.25) is 18.0 Å². The number of halogens is 1. The Bertz CT molecular complexity index is 1240. The maximum Gasteiger partial charge on any atom is 0.349 e. The highest BCUT2D eigenvalue weighted by Crippen LogP contribution is 2.60. The summed E-state index contributed by atoms with van der Waals surface area (Å²) in [5.74, 6) is -1.96. The second-order valence-electron chi connectivity index (χ2n) is 12.7. The standard InChI is InChI=1S/C9H15FN3O11P3.4C6H15N/c10-7-3-13(9(14)12-8(7)11)6-1-5(2-6)4-22-26(18,19)24-27(20,21)23-25(15,16)17;4*1-4-7(5-2)6-3/h3,5-6H,1-2,4H2,(H,18,19)(H,20,21)(H2,11,12,14)(H2,15,16,17);4*4-6H2,1-3H3. The number of nitrogens with one attached hydrogen (secondary N) is 4. The van der Waals surface area contributed by atoms with Crippen LogP contribution >= 0.6 is 23.5 Å². The molecule has 0 aliphatic heterocycles. The third-order valence-corrected chi connectivity index (χ3v) is 13.1. The Morgan fingerprint density at radius 2 is 1.00 bits per heavy atom. The molecule has 18 nitrogen and oxygen atoms in total. The van der Waals surface area contributed by atoms with E-state index in [1.807, 2.05) is 0 Å². The van der Waals surface area contributed by atoms with Crippen LogP contribution in [0, 0.1) is 11.7 Å². The molecule has 1 aromatic rings. The van der Waals surface area contributed by atoms with E-state index >= 15 is 0 Å². The highest BCUT2D eigenvalue weighted by molar-refractivity contribution is 7.64. The van der Waals surface area contributed by atoms with E-state index in [0.29, 0.717) is 0 Å². The van der Waals surface area contributed by atoms with Crippen molar-refractivity contribution in [3.63, 3.8) is 0 Å². The van der Waals surface area contributed by atoms with Gasteiger partial charge in [-0.2, -0.15) is 4.98 Å². The van der Waals surface area contributed by atoms with E-state index in [4.69, 9.17) is 5.73 Å². The quantitative estimate of drug-likeness (QED) is 0.0850. The smallest absolute Gasteiger partial charge is 0.349 e. The summed E-state index contributed by atoms with van der Waals surface area (Å²) in [7, 11) is -17.6. The number of anilines is 1. The van der Waals surface area contributed by atoms with Crippen molar-refractivity contribution in [1.29, 1.82) is 0 Å². The number of nitrogen functional groups attached to an aromatic ring is 1. The molecular weight excluding hydrogens is 782 g/mol. The van der Waals surface area contributed by atoms with Crippen LogP contribution in [0.1, 0.15) is 102 Å². The molecule has 2 unspecified atom stereocenters. The average molecular weight is 858 g/mol. The van der Waals surface area contributed by atoms with Crippen molar-refractivity contribution in [3.8, 4) is 0 Å². The molecule has 0 amide bonds. The monoisotopic (exact) mass is 857 g/mol. The van der Waals surface area contributed by atoms with Gasteiger partial charge in [-0.05, 0) is 102 Å². The van der Waals surface area contributed by atoms with Crippen LogP contribution < -0.4 is 50.6 Å². The van der Waals surface area contributed by atoms with Crippen LogP contribution in [0.3, 0.4) is 0 Å². The van der Waals surface area contributed by atoms with E-state index in [1.54, 1.807) is 19.6 Å². The van der Waals surface area contributed by atoms with Gasteiger partial charge in [0.25, 0.3) is 15.6 Å². The molecule has 2 rings (SSSR count). The zero-order valence-corrected chi connectivity index (χ0v) is 38.2. The number of nitrogens with zero attached hydrogens (tertiary/aromatic N) is 2. The first-order valence-corrected chi connectivity index (χ1v) is 24.0. The van der Waals surface area contributed by atoms with Gasteiger partial charge < -0.3 is 54.0 Å². The molecule has 1 heterocycles. The second kappa shape index (κ2) is 31.8. The molecule has 0 aromatic carbocycles. The summed E-state index contributed by atoms with van der Waals surface area (Å²) < 4.78 is 57.6. The lowest BCUT2D eigenvalue weighted by Crippen LogP contribution is -3.11. The fraction of sp³-hybridized carbons (Fsp3) is 0.879. The van der Waals surface area contributed by atoms with Crippen LogP contribution in [0.4, 0.5) is 10.2 Å². The first-order valence-electron chi connectivity index (χ1n) is 19.7. The molecule has 0 spiro atoms. The molecule has 0 bridgehead atoms. The van der Waals surface area contributed by atoms with Crippen molar-refractivity contribution in [3.05, 3.63) is 22.5 Å². The minimum Gasteiger partial charge on any atom is -0.790 e. The molecule has 1 aliphatic rings. The SMILES string of the molecule is CC[NH+](CC)CC.CC[NH+](CC)CC.CC[NH+](CC)CC.CC[NH+](CC)CC.Nc1nc(=O)n(C2CC(COP(=O)([O-])OP(=O)([O-])OP(=O)([O-])[O-])C2)cc1F. The highest BCUT2D eigenvalue weighted by atomic mass is 31.3. The summed E-state index contributed by atoms with van der Waals surface area (Å²) in [6.45, 7) is 41.4. The number of hydrogen-bond donors (Lipinski definition) is 5. The number of nitrogens with two attached hydrogens (primary N) is 1. The maximum atomic E-state index is 13.4. The van der Waals surface area contributed by atoms with Gasteiger partial charge >= 0.3 is 5.69 Å². The van der Waals surface area contributed by atoms with Gasteiger partial charge in [0.05, 0.1) is 93.0 Å². The Morgan fingerprint density at radius 3 is 1.27 bits per heavy atom. The van der Waals surface area contributed by atoms with Crippen molar-refractivity contribution in [2.24, 2.45) is 5.92 Å². The molecule has 1 aliphatic carbocycles. The molecule has 22 heteroatoms. The number of quaternary nitrogens is 4. The molecule has 1 fully saturated rings. The summed E-state index contributed by atoms with van der Waals surface area (Å²) >= 11 is 0. The highest BCUT2D eigenvalue weighted by Gasteiger charge is 2.33. The first-order chi connectivity index (χ1) is 25.6. The first kappa shape index (κ1) is 58.2. The van der Waals surface area contributed by atoms with Gasteiger partial charge in [-0.15, -0.1) is 0 Å². The molecule has 55 heavy (non-hydrogen) atoms. The molecule has 330 valence electrons. The van der Waals surface area contributed by atoms with Crippen LogP contribution in [-0.4, -0.2) is 94.7 Å². The molecule has 1 saturated carbocycles. The molecule has 6 N–H and O–H groups in total. The van der Waals surface area contributed by atoms with Crippen LogP contribution in [0.25, 0.3) is 0 Å². The Labute approximate surface area is 330 Å². The van der Waals surface area contributed by atoms with E-state index in [0.717, 1.165) is 10.8 Å². The normalized spacial score (nSPS) is 17.3. The summed E-state index contributed by atoms with van der Waals surface area (Å²) in [6.07, 6.45) is 1.17. The molecule has 0 saturated heterocycles. The zero-order chi connectivity index (χ0) is 43.4. The van der Waals surface area contributed by atoms with Crippen LogP contribution in [0.5, 0.6) is 0 Å². The summed E-state index contributed by atoms with van der Waals surface area (Å²) in [6, 6.07) is -0.513. The van der Waals surface area contributed by atoms with Gasteiger partial charge in [-0.1, -0.05) is 0 Å². The largest absolute Gasteiger partial charge is 0.790 e. The van der Waals surface area contributed by atoms with E-state index in [-0.39, 0.29) is 12.8 Å². The van der Waals surface area contributed by atoms with Gasteiger partial charge in [-0.25, -0.2) is 13.5 Å². The van der Waals surface area contributed by atoms with Crippen molar-refractivity contribution in [2.75, 3.05) is 90.9 Å². The summed E-state index contributed by atoms with van der Waals surface area (Å²) in [5.41, 5.74) is 4.34. The predicted octanol–water partition coefficient (Wildman–Crippen LogP) is -2.55. The van der Waals surface area contributed by atoms with Gasteiger partial charge in [0.1, 0.15) is 0 Å². The summed E-state index contributed by atoms with van der Waals surface area (Å²) in [4.78, 5) is 64.4. The number of aromatic nitrogens is 2. The minimum atomic E-state index is -6.05. The van der Waals surface area contributed by atoms with Crippen molar-refractivity contribution in [2.45, 2.75) is 102 Å². The van der Waals surface area contributed by atoms with Crippen molar-refractivity contribution in [1.82, 2.24) is 9.55 Å². The molecule has 0 radical (unpaired) electrons. The van der Waals surface area contributed by atoms with E-state index < -0.39 is 59.4 Å². The predicted molar refractivity (Wildman–Crippen MR) is 206 cm³/mol. The average Bonchev–Trinajstić information content (AvgIpc) is 3.09. The van der Waals surface area contributed by atoms with Crippen LogP contribution in [0.2, 0.25) is 0 Å².